The Morgan fingerprint density at radius 2 is 1.84 bits per heavy atom. The van der Waals surface area contributed by atoms with Crippen molar-refractivity contribution in [1.82, 2.24) is 5.32 Å². The lowest BCUT2D eigenvalue weighted by Gasteiger charge is -2.17. The molecule has 0 radical (unpaired) electrons. The maximum Gasteiger partial charge on any atom is 0.151 e. The molecule has 19 heavy (non-hydrogen) atoms. The van der Waals surface area contributed by atoms with E-state index in [0.29, 0.717) is 11.5 Å². The van der Waals surface area contributed by atoms with Crippen molar-refractivity contribution in [1.29, 1.82) is 0 Å². The number of rotatable bonds is 4. The van der Waals surface area contributed by atoms with E-state index in [2.05, 4.69) is 49.2 Å². The molecule has 0 bridgehead atoms. The van der Waals surface area contributed by atoms with Crippen LogP contribution in [0.5, 0.6) is 0 Å². The summed E-state index contributed by atoms with van der Waals surface area (Å²) in [6.07, 6.45) is 0.745. The second kappa shape index (κ2) is 5.38. The van der Waals surface area contributed by atoms with E-state index in [-0.39, 0.29) is 6.04 Å². The molecule has 5 heteroatoms. The van der Waals surface area contributed by atoms with Gasteiger partial charge in [0.05, 0.1) is 19.6 Å². The summed E-state index contributed by atoms with van der Waals surface area (Å²) >= 11 is 0. The Kier molecular flexibility index (Phi) is 4.18. The van der Waals surface area contributed by atoms with Crippen LogP contribution in [0.15, 0.2) is 24.3 Å². The van der Waals surface area contributed by atoms with Crippen LogP contribution in [-0.2, 0) is 16.4 Å². The summed E-state index contributed by atoms with van der Waals surface area (Å²) in [7, 11) is -4.01. The molecule has 0 saturated carbocycles. The highest BCUT2D eigenvalue weighted by Crippen LogP contribution is 2.12. The molecule has 0 amide bonds. The number of nitrogens with one attached hydrogen (secondary N) is 1. The summed E-state index contributed by atoms with van der Waals surface area (Å²) in [5.41, 5.74) is 1.23. The van der Waals surface area contributed by atoms with E-state index >= 15 is 0 Å². The largest absolute Gasteiger partial charge is 0.309 e. The maximum absolute atomic E-state index is 11.4. The molecule has 2 rings (SSSR count). The van der Waals surface area contributed by atoms with Crippen LogP contribution in [0.2, 0.25) is 19.6 Å². The highest BCUT2D eigenvalue weighted by atomic mass is 32.2. The zero-order valence-corrected chi connectivity index (χ0v) is 13.8. The first kappa shape index (κ1) is 14.7. The molecule has 1 atom stereocenters. The van der Waals surface area contributed by atoms with Crippen molar-refractivity contribution in [3.63, 3.8) is 0 Å². The molecule has 1 heterocycles. The van der Waals surface area contributed by atoms with Crippen LogP contribution in [0, 0.1) is 0 Å². The van der Waals surface area contributed by atoms with E-state index in [1.54, 1.807) is 0 Å². The maximum atomic E-state index is 11.4. The highest BCUT2D eigenvalue weighted by Gasteiger charge is 2.27. The predicted molar refractivity (Wildman–Crippen MR) is 83.3 cm³/mol. The number of benzene rings is 1. The summed E-state index contributed by atoms with van der Waals surface area (Å²) in [5.74, 6) is 0.624. The molecule has 1 aromatic rings. The molecule has 1 N–H and O–H groups in total. The molecule has 3 nitrogen and oxygen atoms in total. The normalized spacial score (nSPS) is 22.6. The third kappa shape index (κ3) is 4.16. The van der Waals surface area contributed by atoms with Crippen LogP contribution in [0.4, 0.5) is 0 Å². The topological polar surface area (TPSA) is 46.2 Å². The molecule has 1 saturated heterocycles. The van der Waals surface area contributed by atoms with Crippen LogP contribution in [0.3, 0.4) is 0 Å². The van der Waals surface area contributed by atoms with E-state index in [9.17, 15) is 8.42 Å². The Morgan fingerprint density at radius 1 is 1.21 bits per heavy atom. The number of hydrogen-bond donors (Lipinski definition) is 1. The minimum absolute atomic E-state index is 0.127. The van der Waals surface area contributed by atoms with Gasteiger partial charge >= 0.3 is 0 Å². The standard InChI is InChI=1S/C14H23NO2SSi/c1-19(2,3)14-6-4-12(5-7-14)10-15-13-8-9-18(16,17)11-13/h4-7,13,15H,8-11H2,1-3H3. The van der Waals surface area contributed by atoms with Gasteiger partial charge in [-0.05, 0) is 12.0 Å². The average Bonchev–Trinajstić information content (AvgIpc) is 2.66. The fraction of sp³-hybridized carbons (Fsp3) is 0.571. The monoisotopic (exact) mass is 297 g/mol. The van der Waals surface area contributed by atoms with Crippen molar-refractivity contribution < 1.29 is 8.42 Å². The fourth-order valence-corrected chi connectivity index (χ4v) is 5.22. The van der Waals surface area contributed by atoms with E-state index < -0.39 is 17.9 Å². The number of hydrogen-bond acceptors (Lipinski definition) is 3. The molecule has 1 unspecified atom stereocenters. The van der Waals surface area contributed by atoms with Gasteiger partial charge in [0.1, 0.15) is 0 Å². The van der Waals surface area contributed by atoms with Gasteiger partial charge in [0, 0.05) is 12.6 Å². The molecular weight excluding hydrogens is 274 g/mol. The van der Waals surface area contributed by atoms with Gasteiger partial charge in [0.2, 0.25) is 0 Å². The summed E-state index contributed by atoms with van der Waals surface area (Å²) in [6.45, 7) is 7.77. The van der Waals surface area contributed by atoms with Crippen molar-refractivity contribution >= 4 is 23.1 Å². The molecule has 0 aliphatic carbocycles. The Balaban J connectivity index is 1.91. The van der Waals surface area contributed by atoms with Crippen molar-refractivity contribution in [2.24, 2.45) is 0 Å². The van der Waals surface area contributed by atoms with E-state index in [1.807, 2.05) is 0 Å². The SMILES string of the molecule is C[Si](C)(C)c1ccc(CNC2CCS(=O)(=O)C2)cc1. The predicted octanol–water partition coefficient (Wildman–Crippen LogP) is 1.51. The molecule has 0 spiro atoms. The van der Waals surface area contributed by atoms with Crippen LogP contribution < -0.4 is 10.5 Å². The number of sulfone groups is 1. The lowest BCUT2D eigenvalue weighted by molar-refractivity contribution is 0.554. The molecular formula is C14H23NO2SSi. The van der Waals surface area contributed by atoms with Gasteiger partial charge in [-0.25, -0.2) is 8.42 Å². The Hall–Kier alpha value is -0.653. The van der Waals surface area contributed by atoms with Crippen LogP contribution in [0.25, 0.3) is 0 Å². The van der Waals surface area contributed by atoms with E-state index in [1.165, 1.54) is 10.8 Å². The Bertz CT molecular complexity index is 532. The summed E-state index contributed by atoms with van der Waals surface area (Å²) in [4.78, 5) is 0. The zero-order valence-electron chi connectivity index (χ0n) is 11.9. The van der Waals surface area contributed by atoms with Gasteiger partial charge in [0.25, 0.3) is 0 Å². The van der Waals surface area contributed by atoms with Gasteiger partial charge in [-0.2, -0.15) is 0 Å². The van der Waals surface area contributed by atoms with Crippen molar-refractivity contribution in [3.05, 3.63) is 29.8 Å². The summed E-state index contributed by atoms with van der Waals surface area (Å²) in [5, 5.41) is 4.80. The summed E-state index contributed by atoms with van der Waals surface area (Å²) < 4.78 is 22.7. The van der Waals surface area contributed by atoms with Gasteiger partial charge in [0.15, 0.2) is 9.84 Å². The van der Waals surface area contributed by atoms with Crippen molar-refractivity contribution in [3.8, 4) is 0 Å². The van der Waals surface area contributed by atoms with Crippen LogP contribution in [-0.4, -0.2) is 34.0 Å². The minimum atomic E-state index is -2.78. The smallest absolute Gasteiger partial charge is 0.151 e. The van der Waals surface area contributed by atoms with Gasteiger partial charge in [-0.3, -0.25) is 0 Å². The second-order valence-corrected chi connectivity index (χ2v) is 13.7. The van der Waals surface area contributed by atoms with E-state index in [0.717, 1.165) is 13.0 Å². The molecule has 0 aromatic heterocycles. The third-order valence-corrected chi connectivity index (χ3v) is 7.48. The third-order valence-electron chi connectivity index (χ3n) is 3.65. The second-order valence-electron chi connectivity index (χ2n) is 6.43. The molecule has 106 valence electrons. The lowest BCUT2D eigenvalue weighted by Crippen LogP contribution is -2.37. The highest BCUT2D eigenvalue weighted by molar-refractivity contribution is 7.91. The first-order valence-electron chi connectivity index (χ1n) is 6.79. The van der Waals surface area contributed by atoms with Crippen molar-refractivity contribution in [2.45, 2.75) is 38.6 Å². The Labute approximate surface area is 117 Å². The van der Waals surface area contributed by atoms with Crippen LogP contribution >= 0.6 is 0 Å². The van der Waals surface area contributed by atoms with Gasteiger partial charge < -0.3 is 5.32 Å². The van der Waals surface area contributed by atoms with Gasteiger partial charge in [-0.1, -0.05) is 49.1 Å². The minimum Gasteiger partial charge on any atom is -0.309 e. The molecule has 1 aromatic carbocycles. The van der Waals surface area contributed by atoms with Crippen LogP contribution in [0.1, 0.15) is 12.0 Å². The summed E-state index contributed by atoms with van der Waals surface area (Å²) in [6, 6.07) is 8.87. The zero-order chi connectivity index (χ0) is 14.1. The molecule has 1 aliphatic rings. The lowest BCUT2D eigenvalue weighted by atomic mass is 10.2. The molecule has 1 aliphatic heterocycles. The average molecular weight is 297 g/mol. The van der Waals surface area contributed by atoms with E-state index in [4.69, 9.17) is 0 Å². The first-order chi connectivity index (χ1) is 8.76. The fourth-order valence-electron chi connectivity index (χ4n) is 2.34. The Morgan fingerprint density at radius 3 is 2.32 bits per heavy atom. The van der Waals surface area contributed by atoms with Crippen molar-refractivity contribution in [2.75, 3.05) is 11.5 Å². The quantitative estimate of drug-likeness (QED) is 0.857. The molecule has 1 fully saturated rings. The van der Waals surface area contributed by atoms with Gasteiger partial charge in [-0.15, -0.1) is 0 Å². The first-order valence-corrected chi connectivity index (χ1v) is 12.1.